The van der Waals surface area contributed by atoms with Gasteiger partial charge in [0.2, 0.25) is 5.54 Å². The first-order valence-electron chi connectivity index (χ1n) is 5.71. The predicted molar refractivity (Wildman–Crippen MR) is 65.7 cm³/mol. The molecule has 3 N–H and O–H groups in total. The quantitative estimate of drug-likeness (QED) is 0.804. The van der Waals surface area contributed by atoms with E-state index >= 15 is 0 Å². The molecule has 1 unspecified atom stereocenters. The van der Waals surface area contributed by atoms with Crippen molar-refractivity contribution in [2.75, 3.05) is 0 Å². The number of carbonyl (C=O) groups is 2. The Balaban J connectivity index is 2.33. The SMILES string of the molecule is CC(NC(=O)c1ccc2[nH]ncc2c1)(C(=O)O)C(F)(F)F. The van der Waals surface area contributed by atoms with Crippen LogP contribution >= 0.6 is 0 Å². The molecule has 112 valence electrons. The second kappa shape index (κ2) is 4.76. The van der Waals surface area contributed by atoms with Gasteiger partial charge in [-0.2, -0.15) is 18.3 Å². The van der Waals surface area contributed by atoms with Gasteiger partial charge in [-0.25, -0.2) is 4.79 Å². The number of amides is 1. The van der Waals surface area contributed by atoms with Crippen LogP contribution < -0.4 is 5.32 Å². The zero-order valence-corrected chi connectivity index (χ0v) is 10.7. The molecule has 0 spiro atoms. The lowest BCUT2D eigenvalue weighted by Crippen LogP contribution is -2.61. The molecule has 1 atom stereocenters. The summed E-state index contributed by atoms with van der Waals surface area (Å²) in [5.41, 5.74) is -2.86. The van der Waals surface area contributed by atoms with Gasteiger partial charge in [-0.3, -0.25) is 9.89 Å². The molecular weight excluding hydrogens is 291 g/mol. The van der Waals surface area contributed by atoms with E-state index in [9.17, 15) is 22.8 Å². The minimum atomic E-state index is -5.13. The smallest absolute Gasteiger partial charge is 0.422 e. The van der Waals surface area contributed by atoms with Crippen LogP contribution in [-0.4, -0.2) is 38.9 Å². The Morgan fingerprint density at radius 3 is 2.57 bits per heavy atom. The van der Waals surface area contributed by atoms with Crippen molar-refractivity contribution in [1.82, 2.24) is 15.5 Å². The third-order valence-electron chi connectivity index (χ3n) is 3.06. The highest BCUT2D eigenvalue weighted by Crippen LogP contribution is 2.30. The summed E-state index contributed by atoms with van der Waals surface area (Å²) in [6.07, 6.45) is -3.74. The van der Waals surface area contributed by atoms with Crippen molar-refractivity contribution < 1.29 is 27.9 Å². The van der Waals surface area contributed by atoms with Crippen LogP contribution in [0, 0.1) is 0 Å². The fourth-order valence-electron chi connectivity index (χ4n) is 1.63. The van der Waals surface area contributed by atoms with Crippen LogP contribution in [0.4, 0.5) is 13.2 Å². The number of carboxylic acid groups (broad SMARTS) is 1. The predicted octanol–water partition coefficient (Wildman–Crippen LogP) is 1.70. The topological polar surface area (TPSA) is 95.1 Å². The molecule has 0 saturated carbocycles. The Kier molecular flexibility index (Phi) is 3.36. The average Bonchev–Trinajstić information content (AvgIpc) is 2.83. The number of hydrogen-bond acceptors (Lipinski definition) is 3. The first-order valence-corrected chi connectivity index (χ1v) is 5.71. The van der Waals surface area contributed by atoms with Gasteiger partial charge >= 0.3 is 12.1 Å². The van der Waals surface area contributed by atoms with Crippen molar-refractivity contribution in [3.8, 4) is 0 Å². The number of benzene rings is 1. The molecule has 0 bridgehead atoms. The molecule has 0 aliphatic rings. The maximum absolute atomic E-state index is 12.8. The van der Waals surface area contributed by atoms with Crippen LogP contribution in [0.2, 0.25) is 0 Å². The molecule has 2 rings (SSSR count). The first-order chi connectivity index (χ1) is 9.65. The minimum absolute atomic E-state index is 0.0966. The van der Waals surface area contributed by atoms with Gasteiger partial charge in [0.1, 0.15) is 0 Å². The van der Waals surface area contributed by atoms with E-state index in [2.05, 4.69) is 10.2 Å². The van der Waals surface area contributed by atoms with Crippen molar-refractivity contribution in [3.05, 3.63) is 30.0 Å². The number of aliphatic carboxylic acids is 1. The first kappa shape index (κ1) is 14.8. The molecule has 0 aliphatic carbocycles. The Morgan fingerprint density at radius 2 is 2.00 bits per heavy atom. The van der Waals surface area contributed by atoms with E-state index in [0.717, 1.165) is 0 Å². The summed E-state index contributed by atoms with van der Waals surface area (Å²) in [4.78, 5) is 22.7. The lowest BCUT2D eigenvalue weighted by atomic mass is 10.0. The number of carboxylic acids is 1. The highest BCUT2D eigenvalue weighted by Gasteiger charge is 2.58. The number of alkyl halides is 3. The van der Waals surface area contributed by atoms with Crippen LogP contribution in [0.25, 0.3) is 10.9 Å². The summed E-state index contributed by atoms with van der Waals surface area (Å²) >= 11 is 0. The van der Waals surface area contributed by atoms with Crippen molar-refractivity contribution >= 4 is 22.8 Å². The molecular formula is C12H10F3N3O3. The zero-order valence-electron chi connectivity index (χ0n) is 10.7. The van der Waals surface area contributed by atoms with E-state index in [0.29, 0.717) is 17.8 Å². The second-order valence-corrected chi connectivity index (χ2v) is 4.55. The summed E-state index contributed by atoms with van der Waals surface area (Å²) in [5, 5.41) is 17.1. The fourth-order valence-corrected chi connectivity index (χ4v) is 1.63. The third-order valence-corrected chi connectivity index (χ3v) is 3.06. The van der Waals surface area contributed by atoms with Gasteiger partial charge in [0.25, 0.3) is 5.91 Å². The molecule has 0 fully saturated rings. The van der Waals surface area contributed by atoms with Gasteiger partial charge < -0.3 is 10.4 Å². The molecule has 2 aromatic rings. The number of rotatable bonds is 3. The number of hydrogen-bond donors (Lipinski definition) is 3. The van der Waals surface area contributed by atoms with E-state index < -0.39 is 23.6 Å². The van der Waals surface area contributed by atoms with E-state index in [-0.39, 0.29) is 5.56 Å². The molecule has 1 heterocycles. The molecule has 21 heavy (non-hydrogen) atoms. The zero-order chi connectivity index (χ0) is 15.8. The largest absolute Gasteiger partial charge is 0.479 e. The van der Waals surface area contributed by atoms with Gasteiger partial charge in [-0.15, -0.1) is 0 Å². The number of fused-ring (bicyclic) bond motifs is 1. The lowest BCUT2D eigenvalue weighted by Gasteiger charge is -2.28. The van der Waals surface area contributed by atoms with E-state index in [1.165, 1.54) is 29.7 Å². The van der Waals surface area contributed by atoms with Crippen molar-refractivity contribution in [3.63, 3.8) is 0 Å². The number of nitrogens with zero attached hydrogens (tertiary/aromatic N) is 1. The molecule has 6 nitrogen and oxygen atoms in total. The lowest BCUT2D eigenvalue weighted by molar-refractivity contribution is -0.203. The van der Waals surface area contributed by atoms with Crippen LogP contribution in [0.1, 0.15) is 17.3 Å². The summed E-state index contributed by atoms with van der Waals surface area (Å²) in [7, 11) is 0. The number of carbonyl (C=O) groups excluding carboxylic acids is 1. The standard InChI is InChI=1S/C12H10F3N3O3/c1-11(10(20)21,12(13,14)15)17-9(19)6-2-3-8-7(4-6)5-16-18-8/h2-5H,1H3,(H,16,18)(H,17,19)(H,20,21). The van der Waals surface area contributed by atoms with Crippen molar-refractivity contribution in [1.29, 1.82) is 0 Å². The fraction of sp³-hybridized carbons (Fsp3) is 0.250. The Morgan fingerprint density at radius 1 is 1.33 bits per heavy atom. The monoisotopic (exact) mass is 301 g/mol. The second-order valence-electron chi connectivity index (χ2n) is 4.55. The maximum Gasteiger partial charge on any atom is 0.422 e. The minimum Gasteiger partial charge on any atom is -0.479 e. The van der Waals surface area contributed by atoms with Gasteiger partial charge in [0.15, 0.2) is 0 Å². The molecule has 0 saturated heterocycles. The number of aromatic nitrogens is 2. The molecule has 0 radical (unpaired) electrons. The van der Waals surface area contributed by atoms with E-state index in [1.807, 2.05) is 0 Å². The Hall–Kier alpha value is -2.58. The van der Waals surface area contributed by atoms with Gasteiger partial charge in [-0.05, 0) is 25.1 Å². The Bertz CT molecular complexity index is 710. The third kappa shape index (κ3) is 2.54. The van der Waals surface area contributed by atoms with Crippen molar-refractivity contribution in [2.24, 2.45) is 0 Å². The molecule has 1 aromatic carbocycles. The molecule has 1 aromatic heterocycles. The summed E-state index contributed by atoms with van der Waals surface area (Å²) < 4.78 is 38.5. The number of nitrogens with one attached hydrogen (secondary N) is 2. The van der Waals surface area contributed by atoms with E-state index in [1.54, 1.807) is 0 Å². The highest BCUT2D eigenvalue weighted by molar-refractivity contribution is 6.00. The van der Waals surface area contributed by atoms with Crippen LogP contribution in [0.3, 0.4) is 0 Å². The van der Waals surface area contributed by atoms with Crippen LogP contribution in [0.15, 0.2) is 24.4 Å². The normalized spacial score (nSPS) is 14.7. The molecule has 1 amide bonds. The maximum atomic E-state index is 12.8. The van der Waals surface area contributed by atoms with Gasteiger partial charge in [0.05, 0.1) is 11.7 Å². The van der Waals surface area contributed by atoms with Gasteiger partial charge in [0, 0.05) is 10.9 Å². The summed E-state index contributed by atoms with van der Waals surface area (Å²) in [5.74, 6) is -3.33. The van der Waals surface area contributed by atoms with Crippen LogP contribution in [-0.2, 0) is 4.79 Å². The number of aromatic amines is 1. The Labute approximate surface area is 115 Å². The van der Waals surface area contributed by atoms with E-state index in [4.69, 9.17) is 5.11 Å². The molecule has 9 heteroatoms. The molecule has 0 aliphatic heterocycles. The van der Waals surface area contributed by atoms with Gasteiger partial charge in [-0.1, -0.05) is 0 Å². The average molecular weight is 301 g/mol. The number of H-pyrrole nitrogens is 1. The van der Waals surface area contributed by atoms with Crippen LogP contribution in [0.5, 0.6) is 0 Å². The summed E-state index contributed by atoms with van der Waals surface area (Å²) in [6.45, 7) is 0.392. The highest BCUT2D eigenvalue weighted by atomic mass is 19.4. The number of halogens is 3. The van der Waals surface area contributed by atoms with Crippen molar-refractivity contribution in [2.45, 2.75) is 18.6 Å². The summed E-state index contributed by atoms with van der Waals surface area (Å²) in [6, 6.07) is 4.05.